The number of nitrogens with zero attached hydrogens (tertiary/aromatic N) is 7. The lowest BCUT2D eigenvalue weighted by Gasteiger charge is -2.36. The molecule has 2 fully saturated rings. The van der Waals surface area contributed by atoms with Crippen molar-refractivity contribution in [1.82, 2.24) is 34.7 Å². The lowest BCUT2D eigenvalue weighted by molar-refractivity contribution is 0.00578. The Morgan fingerprint density at radius 2 is 1.41 bits per heavy atom. The van der Waals surface area contributed by atoms with Gasteiger partial charge in [-0.15, -0.1) is 5.10 Å². The number of hydrogen-bond donors (Lipinski definition) is 1. The molecule has 0 unspecified atom stereocenters. The van der Waals surface area contributed by atoms with E-state index < -0.39 is 29.5 Å². The fraction of sp³-hybridized carbons (Fsp3) is 0.328. The first-order chi connectivity index (χ1) is 36.5. The molecule has 76 heavy (non-hydrogen) atoms. The third kappa shape index (κ3) is 10.9. The molecule has 8 aromatic rings. The molecule has 5 aromatic carbocycles. The van der Waals surface area contributed by atoms with Gasteiger partial charge >= 0.3 is 13.2 Å². The van der Waals surface area contributed by atoms with Crippen LogP contribution >= 0.6 is 22.6 Å². The molecule has 4 heterocycles. The molecule has 2 aliphatic rings. The van der Waals surface area contributed by atoms with E-state index in [1.54, 1.807) is 0 Å². The third-order valence-corrected chi connectivity index (χ3v) is 16.0. The van der Waals surface area contributed by atoms with Gasteiger partial charge < -0.3 is 29.0 Å². The summed E-state index contributed by atoms with van der Waals surface area (Å²) < 4.78 is 30.6. The van der Waals surface area contributed by atoms with Crippen LogP contribution in [-0.2, 0) is 32.6 Å². The van der Waals surface area contributed by atoms with Crippen LogP contribution in [0.5, 0.6) is 5.75 Å². The predicted molar refractivity (Wildman–Crippen MR) is 309 cm³/mol. The summed E-state index contributed by atoms with van der Waals surface area (Å²) in [6.45, 7) is 14.8. The highest BCUT2D eigenvalue weighted by molar-refractivity contribution is 14.1. The number of hydrogen-bond acceptors (Lipinski definition) is 10. The topological polar surface area (TPSA) is 131 Å². The van der Waals surface area contributed by atoms with E-state index in [2.05, 4.69) is 176 Å². The van der Waals surface area contributed by atoms with E-state index in [9.17, 15) is 4.79 Å². The summed E-state index contributed by atoms with van der Waals surface area (Å²) in [5, 5.41) is 17.9. The van der Waals surface area contributed by atoms with Crippen molar-refractivity contribution < 1.29 is 23.6 Å². The molecule has 1 N–H and O–H groups in total. The summed E-state index contributed by atoms with van der Waals surface area (Å²) in [4.78, 5) is 21.7. The summed E-state index contributed by atoms with van der Waals surface area (Å²) in [5.41, 5.74) is 5.70. The minimum Gasteiger partial charge on any atom is -0.490 e. The van der Waals surface area contributed by atoms with Gasteiger partial charge in [-0.2, -0.15) is 5.10 Å². The summed E-state index contributed by atoms with van der Waals surface area (Å²) in [6, 6.07) is 51.8. The number of carbonyl (C=O) groups excluding carboxylic acids is 1. The molecule has 1 saturated carbocycles. The quantitative estimate of drug-likeness (QED) is 0.0567. The molecule has 0 spiro atoms. The van der Waals surface area contributed by atoms with Crippen LogP contribution < -0.4 is 15.5 Å². The van der Waals surface area contributed by atoms with Gasteiger partial charge in [-0.3, -0.25) is 4.68 Å². The van der Waals surface area contributed by atoms with E-state index in [1.807, 2.05) is 96.9 Å². The van der Waals surface area contributed by atoms with Gasteiger partial charge in [0.1, 0.15) is 34.3 Å². The normalized spacial score (nSPS) is 18.5. The average Bonchev–Trinajstić information content (AvgIpc) is 4.26. The van der Waals surface area contributed by atoms with Crippen molar-refractivity contribution in [2.75, 3.05) is 18.9 Å². The van der Waals surface area contributed by atoms with Crippen molar-refractivity contribution in [1.29, 1.82) is 0 Å². The van der Waals surface area contributed by atoms with Gasteiger partial charge in [-0.05, 0) is 130 Å². The smallest absolute Gasteiger partial charge is 0.490 e. The molecule has 390 valence electrons. The highest BCUT2D eigenvalue weighted by Crippen LogP contribution is 2.44. The Hall–Kier alpha value is -6.82. The Morgan fingerprint density at radius 1 is 0.816 bits per heavy atom. The molecular formula is C61H66BIN8O5. The molecule has 1 aliphatic heterocycles. The zero-order chi connectivity index (χ0) is 53.2. The Labute approximate surface area is 460 Å². The number of carbonyl (C=O) groups is 1. The van der Waals surface area contributed by atoms with Crippen LogP contribution in [0.1, 0.15) is 94.7 Å². The van der Waals surface area contributed by atoms with E-state index in [0.29, 0.717) is 29.9 Å². The second kappa shape index (κ2) is 21.7. The van der Waals surface area contributed by atoms with Crippen molar-refractivity contribution in [3.8, 4) is 5.75 Å². The number of ether oxygens (including phenoxy) is 2. The fourth-order valence-corrected chi connectivity index (χ4v) is 11.2. The van der Waals surface area contributed by atoms with Crippen LogP contribution in [0.4, 0.5) is 10.6 Å². The highest BCUT2D eigenvalue weighted by Gasteiger charge is 2.52. The van der Waals surface area contributed by atoms with E-state index >= 15 is 0 Å². The number of pyridine rings is 1. The molecule has 1 amide bonds. The van der Waals surface area contributed by atoms with Gasteiger partial charge in [0.05, 0.1) is 17.7 Å². The van der Waals surface area contributed by atoms with E-state index in [-0.39, 0.29) is 30.7 Å². The summed E-state index contributed by atoms with van der Waals surface area (Å²) >= 11 is 2.37. The molecule has 15 heteroatoms. The van der Waals surface area contributed by atoms with E-state index in [0.717, 1.165) is 55.5 Å². The Morgan fingerprint density at radius 3 is 2.00 bits per heavy atom. The lowest BCUT2D eigenvalue weighted by atomic mass is 9.77. The maximum atomic E-state index is 14.6. The van der Waals surface area contributed by atoms with Gasteiger partial charge in [0.2, 0.25) is 0 Å². The van der Waals surface area contributed by atoms with Gasteiger partial charge in [0, 0.05) is 59.0 Å². The maximum absolute atomic E-state index is 14.6. The number of aromatic nitrogens is 6. The highest BCUT2D eigenvalue weighted by atomic mass is 127. The van der Waals surface area contributed by atoms with E-state index in [4.69, 9.17) is 34.1 Å². The van der Waals surface area contributed by atoms with Crippen LogP contribution in [0.15, 0.2) is 170 Å². The molecular weight excluding hydrogens is 1060 g/mol. The molecule has 3 aromatic heterocycles. The number of benzene rings is 5. The minimum atomic E-state index is -0.934. The second-order valence-corrected chi connectivity index (χ2v) is 23.1. The standard InChI is InChI=1S/C61H66BIN8O5/c1-58(2,3)74-57(72)70(33-32-52(63)51-38-54(64-8)66-56-55(51)67-68-71(56)61(45-25-15-10-16-26-45,46-27-17-11-18-28-46)47-29-19-12-20-30-47)49-36-44(34-42-22-13-9-14-23-42)53(37-49)73-50-31-21-24-43(35-50)40-69-41-48(39-65-69)62-75-59(4,5)60(6,7)76-62/h9-32,35,38-39,41,44,49,53H,33-34,36-37,40H2,1-8H3,(H,64,66)/b52-32-/t44-,49-,53+/m0/s1. The zero-order valence-electron chi connectivity index (χ0n) is 44.6. The Kier molecular flexibility index (Phi) is 15.0. The zero-order valence-corrected chi connectivity index (χ0v) is 46.7. The predicted octanol–water partition coefficient (Wildman–Crippen LogP) is 11.7. The summed E-state index contributed by atoms with van der Waals surface area (Å²) in [6.07, 6.45) is 7.45. The van der Waals surface area contributed by atoms with Gasteiger partial charge in [-0.1, -0.05) is 145 Å². The number of nitrogens with one attached hydrogen (secondary N) is 1. The van der Waals surface area contributed by atoms with Crippen LogP contribution in [-0.4, -0.2) is 90.4 Å². The first-order valence-electron chi connectivity index (χ1n) is 26.2. The lowest BCUT2D eigenvalue weighted by Crippen LogP contribution is -2.43. The third-order valence-electron chi connectivity index (χ3n) is 15.0. The molecule has 13 nitrogen and oxygen atoms in total. The number of amides is 1. The number of anilines is 1. The Balaban J connectivity index is 0.962. The molecule has 1 aliphatic carbocycles. The summed E-state index contributed by atoms with van der Waals surface area (Å²) in [7, 11) is 1.38. The van der Waals surface area contributed by atoms with Crippen LogP contribution in [0, 0.1) is 5.92 Å². The monoisotopic (exact) mass is 1130 g/mol. The van der Waals surface area contributed by atoms with Crippen molar-refractivity contribution >= 4 is 61.8 Å². The molecule has 0 radical (unpaired) electrons. The van der Waals surface area contributed by atoms with Crippen molar-refractivity contribution in [3.63, 3.8) is 0 Å². The second-order valence-electron chi connectivity index (χ2n) is 21.9. The molecule has 10 rings (SSSR count). The van der Waals surface area contributed by atoms with Crippen LogP contribution in [0.25, 0.3) is 14.7 Å². The van der Waals surface area contributed by atoms with Crippen molar-refractivity contribution in [2.24, 2.45) is 5.92 Å². The first-order valence-corrected chi connectivity index (χ1v) is 27.2. The van der Waals surface area contributed by atoms with Crippen LogP contribution in [0.2, 0.25) is 0 Å². The molecule has 0 bridgehead atoms. The fourth-order valence-electron chi connectivity index (χ4n) is 10.6. The first kappa shape index (κ1) is 52.6. The van der Waals surface area contributed by atoms with E-state index in [1.165, 1.54) is 5.56 Å². The largest absolute Gasteiger partial charge is 0.498 e. The summed E-state index contributed by atoms with van der Waals surface area (Å²) in [5.74, 6) is 1.52. The van der Waals surface area contributed by atoms with Gasteiger partial charge in [0.15, 0.2) is 5.65 Å². The van der Waals surface area contributed by atoms with Crippen molar-refractivity contribution in [3.05, 3.63) is 204 Å². The van der Waals surface area contributed by atoms with Crippen LogP contribution in [0.3, 0.4) is 0 Å². The SMILES string of the molecule is CNc1cc(/C(I)=C/CN(C(=O)OC(C)(C)C)[C@H]2C[C@H](Cc3ccccc3)[C@H](Oc3cccc(Cn4cc(B5OC(C)(C)C(C)(C)O5)cn4)c3)C2)c2nnn(C(c3ccccc3)(c3ccccc3)c3ccccc3)c2n1. The maximum Gasteiger partial charge on any atom is 0.498 e. The average molecular weight is 1130 g/mol. The number of fused-ring (bicyclic) bond motifs is 1. The number of halogens is 1. The molecule has 1 saturated heterocycles. The molecule has 3 atom stereocenters. The van der Waals surface area contributed by atoms with Gasteiger partial charge in [0.25, 0.3) is 0 Å². The number of rotatable bonds is 16. The van der Waals surface area contributed by atoms with Crippen molar-refractivity contribution in [2.45, 2.75) is 109 Å². The van der Waals surface area contributed by atoms with Gasteiger partial charge in [-0.25, -0.2) is 14.5 Å². The Bertz CT molecular complexity index is 3200. The minimum absolute atomic E-state index is 0.102.